The van der Waals surface area contributed by atoms with Gasteiger partial charge in [0.1, 0.15) is 0 Å². The van der Waals surface area contributed by atoms with Crippen molar-refractivity contribution in [3.05, 3.63) is 12.2 Å². The highest BCUT2D eigenvalue weighted by atomic mass is 16.5. The fourth-order valence-electron chi connectivity index (χ4n) is 1.04. The lowest BCUT2D eigenvalue weighted by Gasteiger charge is -2.13. The van der Waals surface area contributed by atoms with Crippen LogP contribution in [-0.2, 0) is 9.47 Å². The highest BCUT2D eigenvalue weighted by molar-refractivity contribution is 4.96. The lowest BCUT2D eigenvalue weighted by atomic mass is 10.3. The molecule has 0 aliphatic heterocycles. The smallest absolute Gasteiger partial charge is 0.0784 e. The summed E-state index contributed by atoms with van der Waals surface area (Å²) in [6, 6.07) is 0. The Morgan fingerprint density at radius 3 is 2.79 bits per heavy atom. The van der Waals surface area contributed by atoms with Gasteiger partial charge >= 0.3 is 0 Å². The Morgan fingerprint density at radius 1 is 1.50 bits per heavy atom. The first-order valence-corrected chi connectivity index (χ1v) is 5.18. The molecule has 0 saturated heterocycles. The molecular formula is C11H23NO2. The van der Waals surface area contributed by atoms with Crippen LogP contribution in [0.2, 0.25) is 0 Å². The van der Waals surface area contributed by atoms with Crippen molar-refractivity contribution in [1.29, 1.82) is 0 Å². The van der Waals surface area contributed by atoms with E-state index in [9.17, 15) is 0 Å². The van der Waals surface area contributed by atoms with E-state index in [4.69, 9.17) is 9.47 Å². The van der Waals surface area contributed by atoms with Crippen LogP contribution in [0, 0.1) is 0 Å². The van der Waals surface area contributed by atoms with E-state index in [1.807, 2.05) is 6.92 Å². The Kier molecular flexibility index (Phi) is 8.94. The predicted molar refractivity (Wildman–Crippen MR) is 59.6 cm³/mol. The molecule has 0 aliphatic rings. The molecule has 0 saturated carbocycles. The maximum atomic E-state index is 5.51. The Labute approximate surface area is 87.5 Å². The normalized spacial score (nSPS) is 12.8. The molecule has 0 rings (SSSR count). The van der Waals surface area contributed by atoms with Crippen molar-refractivity contribution in [3.63, 3.8) is 0 Å². The highest BCUT2D eigenvalue weighted by Gasteiger charge is 2.01. The van der Waals surface area contributed by atoms with Gasteiger partial charge in [-0.3, -0.25) is 0 Å². The minimum Gasteiger partial charge on any atom is -0.382 e. The summed E-state index contributed by atoms with van der Waals surface area (Å²) in [6.07, 6.45) is 1.29. The van der Waals surface area contributed by atoms with Crippen molar-refractivity contribution in [2.75, 3.05) is 33.4 Å². The number of hydrogen-bond donors (Lipinski definition) is 1. The summed E-state index contributed by atoms with van der Waals surface area (Å²) < 4.78 is 10.5. The molecule has 0 aromatic heterocycles. The summed E-state index contributed by atoms with van der Waals surface area (Å²) in [4.78, 5) is 0. The summed E-state index contributed by atoms with van der Waals surface area (Å²) in [5.41, 5.74) is 1.08. The van der Waals surface area contributed by atoms with Gasteiger partial charge in [0.25, 0.3) is 0 Å². The zero-order valence-corrected chi connectivity index (χ0v) is 9.64. The zero-order chi connectivity index (χ0) is 10.8. The third-order valence-corrected chi connectivity index (χ3v) is 1.78. The van der Waals surface area contributed by atoms with E-state index in [1.165, 1.54) is 0 Å². The molecule has 0 aromatic rings. The quantitative estimate of drug-likeness (QED) is 0.454. The average molecular weight is 201 g/mol. The van der Waals surface area contributed by atoms with Crippen molar-refractivity contribution in [1.82, 2.24) is 5.32 Å². The van der Waals surface area contributed by atoms with Crippen molar-refractivity contribution in [3.8, 4) is 0 Å². The van der Waals surface area contributed by atoms with Gasteiger partial charge in [-0.15, -0.1) is 0 Å². The molecule has 3 heteroatoms. The molecule has 0 fully saturated rings. The highest BCUT2D eigenvalue weighted by Crippen LogP contribution is 1.96. The molecule has 0 spiro atoms. The molecule has 0 radical (unpaired) electrons. The van der Waals surface area contributed by atoms with E-state index >= 15 is 0 Å². The maximum absolute atomic E-state index is 5.51. The molecule has 0 bridgehead atoms. The van der Waals surface area contributed by atoms with Gasteiger partial charge in [-0.1, -0.05) is 13.5 Å². The summed E-state index contributed by atoms with van der Waals surface area (Å²) in [5.74, 6) is 0. The fraction of sp³-hybridized carbons (Fsp3) is 0.818. The Balaban J connectivity index is 3.34. The zero-order valence-electron chi connectivity index (χ0n) is 9.64. The molecule has 1 atom stereocenters. The Bertz CT molecular complexity index is 148. The van der Waals surface area contributed by atoms with Crippen molar-refractivity contribution in [2.24, 2.45) is 0 Å². The molecule has 0 aliphatic carbocycles. The van der Waals surface area contributed by atoms with E-state index in [-0.39, 0.29) is 6.10 Å². The van der Waals surface area contributed by atoms with E-state index in [2.05, 4.69) is 18.8 Å². The first-order valence-electron chi connectivity index (χ1n) is 5.18. The van der Waals surface area contributed by atoms with Gasteiger partial charge in [-0.05, 0) is 25.5 Å². The minimum atomic E-state index is 0.142. The first-order chi connectivity index (χ1) is 6.70. The standard InChI is InChI=1S/C11H23NO2/c1-5-6-12-7-10(2)8-14-11(3)9-13-4/h11-12H,2,5-9H2,1,3-4H3. The monoisotopic (exact) mass is 201 g/mol. The van der Waals surface area contributed by atoms with Crippen LogP contribution in [0.3, 0.4) is 0 Å². The van der Waals surface area contributed by atoms with Gasteiger partial charge in [0.05, 0.1) is 19.3 Å². The SMILES string of the molecule is C=C(CNCCC)COC(C)COC. The number of hydrogen-bond acceptors (Lipinski definition) is 3. The van der Waals surface area contributed by atoms with Crippen molar-refractivity contribution in [2.45, 2.75) is 26.4 Å². The molecule has 84 valence electrons. The predicted octanol–water partition coefficient (Wildman–Crippen LogP) is 1.59. The van der Waals surface area contributed by atoms with E-state index in [0.29, 0.717) is 13.2 Å². The number of methoxy groups -OCH3 is 1. The second kappa shape index (κ2) is 9.19. The van der Waals surface area contributed by atoms with Gasteiger partial charge in [-0.25, -0.2) is 0 Å². The van der Waals surface area contributed by atoms with Crippen LogP contribution in [0.5, 0.6) is 0 Å². The molecule has 0 heterocycles. The number of rotatable bonds is 9. The van der Waals surface area contributed by atoms with Gasteiger partial charge in [0.2, 0.25) is 0 Å². The molecule has 0 amide bonds. The molecule has 3 nitrogen and oxygen atoms in total. The molecular weight excluding hydrogens is 178 g/mol. The van der Waals surface area contributed by atoms with Crippen LogP contribution in [0.4, 0.5) is 0 Å². The third kappa shape index (κ3) is 8.23. The summed E-state index contributed by atoms with van der Waals surface area (Å²) in [5, 5.41) is 3.28. The largest absolute Gasteiger partial charge is 0.382 e. The van der Waals surface area contributed by atoms with Crippen LogP contribution in [-0.4, -0.2) is 39.5 Å². The lowest BCUT2D eigenvalue weighted by Crippen LogP contribution is -2.22. The van der Waals surface area contributed by atoms with Crippen LogP contribution in [0.25, 0.3) is 0 Å². The van der Waals surface area contributed by atoms with Crippen molar-refractivity contribution < 1.29 is 9.47 Å². The lowest BCUT2D eigenvalue weighted by molar-refractivity contribution is 0.0195. The summed E-state index contributed by atoms with van der Waals surface area (Å²) in [7, 11) is 1.68. The van der Waals surface area contributed by atoms with E-state index in [0.717, 1.165) is 25.1 Å². The van der Waals surface area contributed by atoms with E-state index in [1.54, 1.807) is 7.11 Å². The van der Waals surface area contributed by atoms with Gasteiger partial charge in [0, 0.05) is 13.7 Å². The third-order valence-electron chi connectivity index (χ3n) is 1.78. The topological polar surface area (TPSA) is 30.5 Å². The Hall–Kier alpha value is -0.380. The first kappa shape index (κ1) is 13.6. The van der Waals surface area contributed by atoms with Crippen LogP contribution < -0.4 is 5.32 Å². The molecule has 14 heavy (non-hydrogen) atoms. The maximum Gasteiger partial charge on any atom is 0.0784 e. The molecule has 0 aromatic carbocycles. The second-order valence-corrected chi connectivity index (χ2v) is 3.50. The van der Waals surface area contributed by atoms with E-state index < -0.39 is 0 Å². The van der Waals surface area contributed by atoms with Gasteiger partial charge < -0.3 is 14.8 Å². The minimum absolute atomic E-state index is 0.142. The van der Waals surface area contributed by atoms with Crippen molar-refractivity contribution >= 4 is 0 Å². The van der Waals surface area contributed by atoms with Crippen LogP contribution in [0.1, 0.15) is 20.3 Å². The number of nitrogens with one attached hydrogen (secondary N) is 1. The molecule has 1 N–H and O–H groups in total. The number of ether oxygens (including phenoxy) is 2. The fourth-order valence-corrected chi connectivity index (χ4v) is 1.04. The summed E-state index contributed by atoms with van der Waals surface area (Å²) in [6.45, 7) is 11.2. The second-order valence-electron chi connectivity index (χ2n) is 3.50. The summed E-state index contributed by atoms with van der Waals surface area (Å²) >= 11 is 0. The van der Waals surface area contributed by atoms with Crippen LogP contribution in [0.15, 0.2) is 12.2 Å². The Morgan fingerprint density at radius 2 is 2.21 bits per heavy atom. The average Bonchev–Trinajstić information content (AvgIpc) is 2.16. The van der Waals surface area contributed by atoms with Gasteiger partial charge in [0.15, 0.2) is 0 Å². The van der Waals surface area contributed by atoms with Crippen LogP contribution >= 0.6 is 0 Å². The molecule has 1 unspecified atom stereocenters. The van der Waals surface area contributed by atoms with Gasteiger partial charge in [-0.2, -0.15) is 0 Å².